The molecule has 0 aromatic heterocycles. The summed E-state index contributed by atoms with van der Waals surface area (Å²) in [6.45, 7) is 1.58. The van der Waals surface area contributed by atoms with Crippen LogP contribution < -0.4 is 5.32 Å². The van der Waals surface area contributed by atoms with Crippen LogP contribution in [0.3, 0.4) is 0 Å². The van der Waals surface area contributed by atoms with Gasteiger partial charge in [0.25, 0.3) is 0 Å². The lowest BCUT2D eigenvalue weighted by Crippen LogP contribution is -2.35. The SMILES string of the molecule is O=S(=O)(c1ccc(Br)cc1)C1CCNCC1. The molecule has 5 heteroatoms. The summed E-state index contributed by atoms with van der Waals surface area (Å²) < 4.78 is 25.4. The summed E-state index contributed by atoms with van der Waals surface area (Å²) in [5, 5.41) is 2.95. The van der Waals surface area contributed by atoms with E-state index in [2.05, 4.69) is 21.2 Å². The molecule has 0 aliphatic carbocycles. The van der Waals surface area contributed by atoms with Crippen molar-refractivity contribution in [3.63, 3.8) is 0 Å². The van der Waals surface area contributed by atoms with Crippen molar-refractivity contribution >= 4 is 25.8 Å². The van der Waals surface area contributed by atoms with Crippen molar-refractivity contribution in [1.29, 1.82) is 0 Å². The number of sulfone groups is 1. The lowest BCUT2D eigenvalue weighted by Gasteiger charge is -2.22. The summed E-state index contributed by atoms with van der Waals surface area (Å²) in [4.78, 5) is 0.433. The fourth-order valence-corrected chi connectivity index (χ4v) is 3.94. The summed E-state index contributed by atoms with van der Waals surface area (Å²) in [6, 6.07) is 6.88. The molecule has 1 N–H and O–H groups in total. The van der Waals surface area contributed by atoms with Crippen molar-refractivity contribution in [2.24, 2.45) is 0 Å². The molecule has 3 nitrogen and oxygen atoms in total. The molecule has 2 rings (SSSR count). The molecule has 0 radical (unpaired) electrons. The summed E-state index contributed by atoms with van der Waals surface area (Å²) >= 11 is 3.30. The Morgan fingerprint density at radius 1 is 1.12 bits per heavy atom. The minimum atomic E-state index is -3.14. The van der Waals surface area contributed by atoms with Gasteiger partial charge in [0.05, 0.1) is 10.1 Å². The van der Waals surface area contributed by atoms with Gasteiger partial charge in [-0.1, -0.05) is 15.9 Å². The lowest BCUT2D eigenvalue weighted by atomic mass is 10.2. The van der Waals surface area contributed by atoms with Gasteiger partial charge >= 0.3 is 0 Å². The minimum absolute atomic E-state index is 0.227. The lowest BCUT2D eigenvalue weighted by molar-refractivity contribution is 0.496. The molecule has 88 valence electrons. The Morgan fingerprint density at radius 3 is 2.25 bits per heavy atom. The van der Waals surface area contributed by atoms with Crippen LogP contribution in [0.1, 0.15) is 12.8 Å². The quantitative estimate of drug-likeness (QED) is 0.909. The van der Waals surface area contributed by atoms with Gasteiger partial charge in [-0.2, -0.15) is 0 Å². The van der Waals surface area contributed by atoms with Crippen molar-refractivity contribution in [2.75, 3.05) is 13.1 Å². The molecule has 0 atom stereocenters. The molecule has 1 heterocycles. The first-order valence-corrected chi connectivity index (χ1v) is 7.65. The zero-order chi connectivity index (χ0) is 11.6. The normalized spacial score (nSPS) is 18.6. The molecule has 1 aromatic rings. The maximum atomic E-state index is 12.3. The zero-order valence-corrected chi connectivity index (χ0v) is 11.2. The summed E-state index contributed by atoms with van der Waals surface area (Å²) in [5.41, 5.74) is 0. The standard InChI is InChI=1S/C11H14BrNO2S/c12-9-1-3-10(4-2-9)16(14,15)11-5-7-13-8-6-11/h1-4,11,13H,5-8H2. The summed E-state index contributed by atoms with van der Waals surface area (Å²) in [7, 11) is -3.14. The molecule has 1 aliphatic rings. The molecule has 0 amide bonds. The Morgan fingerprint density at radius 2 is 1.69 bits per heavy atom. The van der Waals surface area contributed by atoms with Crippen LogP contribution in [-0.2, 0) is 9.84 Å². The molecule has 0 bridgehead atoms. The van der Waals surface area contributed by atoms with Crippen molar-refractivity contribution in [1.82, 2.24) is 5.32 Å². The van der Waals surface area contributed by atoms with Crippen molar-refractivity contribution < 1.29 is 8.42 Å². The Bertz CT molecular complexity index is 449. The fraction of sp³-hybridized carbons (Fsp3) is 0.455. The predicted octanol–water partition coefficient (Wildman–Crippen LogP) is 1.97. The van der Waals surface area contributed by atoms with Gasteiger partial charge in [0.15, 0.2) is 9.84 Å². The first-order valence-electron chi connectivity index (χ1n) is 5.31. The van der Waals surface area contributed by atoms with Crippen LogP contribution in [0.15, 0.2) is 33.6 Å². The Kier molecular flexibility index (Phi) is 3.66. The summed E-state index contributed by atoms with van der Waals surface area (Å²) in [5.74, 6) is 0. The molecular formula is C11H14BrNO2S. The number of piperidine rings is 1. The maximum absolute atomic E-state index is 12.3. The third-order valence-corrected chi connectivity index (χ3v) is 5.67. The van der Waals surface area contributed by atoms with E-state index < -0.39 is 9.84 Å². The number of hydrogen-bond donors (Lipinski definition) is 1. The average molecular weight is 304 g/mol. The summed E-state index contributed by atoms with van der Waals surface area (Å²) in [6.07, 6.45) is 1.41. The highest BCUT2D eigenvalue weighted by Gasteiger charge is 2.28. The van der Waals surface area contributed by atoms with Crippen LogP contribution in [0.5, 0.6) is 0 Å². The molecule has 1 aromatic carbocycles. The Labute approximate surface area is 104 Å². The van der Waals surface area contributed by atoms with Gasteiger partial charge in [-0.25, -0.2) is 8.42 Å². The smallest absolute Gasteiger partial charge is 0.181 e. The van der Waals surface area contributed by atoms with E-state index in [1.807, 2.05) is 0 Å². The topological polar surface area (TPSA) is 46.2 Å². The van der Waals surface area contributed by atoms with E-state index in [1.54, 1.807) is 24.3 Å². The van der Waals surface area contributed by atoms with Crippen LogP contribution >= 0.6 is 15.9 Å². The van der Waals surface area contributed by atoms with E-state index >= 15 is 0 Å². The molecule has 0 unspecified atom stereocenters. The van der Waals surface area contributed by atoms with Crippen molar-refractivity contribution in [3.05, 3.63) is 28.7 Å². The van der Waals surface area contributed by atoms with Gasteiger partial charge in [-0.3, -0.25) is 0 Å². The second-order valence-electron chi connectivity index (χ2n) is 3.95. The Hall–Kier alpha value is -0.390. The first kappa shape index (κ1) is 12.1. The molecule has 1 fully saturated rings. The second-order valence-corrected chi connectivity index (χ2v) is 7.09. The molecule has 16 heavy (non-hydrogen) atoms. The van der Waals surface area contributed by atoms with E-state index in [9.17, 15) is 8.42 Å². The van der Waals surface area contributed by atoms with Gasteiger partial charge in [0.1, 0.15) is 0 Å². The van der Waals surface area contributed by atoms with Crippen molar-refractivity contribution in [2.45, 2.75) is 23.0 Å². The predicted molar refractivity (Wildman–Crippen MR) is 67.2 cm³/mol. The maximum Gasteiger partial charge on any atom is 0.181 e. The monoisotopic (exact) mass is 303 g/mol. The number of rotatable bonds is 2. The average Bonchev–Trinajstić information content (AvgIpc) is 2.31. The van der Waals surface area contributed by atoms with Crippen LogP contribution in [0.25, 0.3) is 0 Å². The van der Waals surface area contributed by atoms with Gasteiger partial charge < -0.3 is 5.32 Å². The van der Waals surface area contributed by atoms with Gasteiger partial charge in [0.2, 0.25) is 0 Å². The molecule has 0 saturated carbocycles. The van der Waals surface area contributed by atoms with Gasteiger partial charge in [0, 0.05) is 4.47 Å². The fourth-order valence-electron chi connectivity index (χ4n) is 1.92. The zero-order valence-electron chi connectivity index (χ0n) is 8.82. The molecular weight excluding hydrogens is 290 g/mol. The van der Waals surface area contributed by atoms with Crippen molar-refractivity contribution in [3.8, 4) is 0 Å². The van der Waals surface area contributed by atoms with E-state index in [0.717, 1.165) is 17.6 Å². The molecule has 0 spiro atoms. The van der Waals surface area contributed by atoms with Crippen LogP contribution in [0.4, 0.5) is 0 Å². The van der Waals surface area contributed by atoms with Gasteiger partial charge in [-0.05, 0) is 50.2 Å². The highest BCUT2D eigenvalue weighted by molar-refractivity contribution is 9.10. The third kappa shape index (κ3) is 2.47. The van der Waals surface area contributed by atoms with E-state index in [0.29, 0.717) is 17.7 Å². The minimum Gasteiger partial charge on any atom is -0.317 e. The van der Waals surface area contributed by atoms with Crippen LogP contribution in [0, 0.1) is 0 Å². The number of nitrogens with one attached hydrogen (secondary N) is 1. The third-order valence-electron chi connectivity index (χ3n) is 2.87. The highest BCUT2D eigenvalue weighted by Crippen LogP contribution is 2.23. The van der Waals surface area contributed by atoms with E-state index in [-0.39, 0.29) is 5.25 Å². The van der Waals surface area contributed by atoms with Gasteiger partial charge in [-0.15, -0.1) is 0 Å². The molecule has 1 aliphatic heterocycles. The van der Waals surface area contributed by atoms with E-state index in [4.69, 9.17) is 0 Å². The van der Waals surface area contributed by atoms with Crippen LogP contribution in [-0.4, -0.2) is 26.8 Å². The second kappa shape index (κ2) is 4.85. The Balaban J connectivity index is 2.27. The van der Waals surface area contributed by atoms with Crippen LogP contribution in [0.2, 0.25) is 0 Å². The number of benzene rings is 1. The largest absolute Gasteiger partial charge is 0.317 e. The van der Waals surface area contributed by atoms with E-state index in [1.165, 1.54) is 0 Å². The number of hydrogen-bond acceptors (Lipinski definition) is 3. The first-order chi connectivity index (χ1) is 7.60. The number of halogens is 1. The highest BCUT2D eigenvalue weighted by atomic mass is 79.9. The molecule has 1 saturated heterocycles.